The minimum Gasteiger partial charge on any atom is -0.258 e. The number of non-ortho nitro benzene ring substituents is 1. The molecule has 0 bridgehead atoms. The van der Waals surface area contributed by atoms with Gasteiger partial charge in [0.25, 0.3) is 5.69 Å². The average molecular weight is 395 g/mol. The van der Waals surface area contributed by atoms with Crippen LogP contribution in [0.4, 0.5) is 10.1 Å². The maximum absolute atomic E-state index is 13.7. The Morgan fingerprint density at radius 3 is 2.62 bits per heavy atom. The van der Waals surface area contributed by atoms with Crippen LogP contribution in [0.15, 0.2) is 39.0 Å². The predicted octanol–water partition coefficient (Wildman–Crippen LogP) is 3.04. The molecule has 0 fully saturated rings. The van der Waals surface area contributed by atoms with Gasteiger partial charge in [0.05, 0.1) is 11.0 Å². The van der Waals surface area contributed by atoms with Crippen LogP contribution in [0.25, 0.3) is 0 Å². The molecule has 0 aliphatic heterocycles. The summed E-state index contributed by atoms with van der Waals surface area (Å²) in [5.74, 6) is -1.16. The van der Waals surface area contributed by atoms with Gasteiger partial charge in [-0.05, 0) is 28.1 Å². The molecule has 112 valence electrons. The van der Waals surface area contributed by atoms with E-state index in [4.69, 9.17) is 0 Å². The van der Waals surface area contributed by atoms with Crippen molar-refractivity contribution in [2.24, 2.45) is 0 Å². The second-order valence-corrected chi connectivity index (χ2v) is 7.57. The van der Waals surface area contributed by atoms with Gasteiger partial charge >= 0.3 is 0 Å². The van der Waals surface area contributed by atoms with Crippen molar-refractivity contribution < 1.29 is 17.7 Å². The first-order valence-electron chi connectivity index (χ1n) is 5.46. The van der Waals surface area contributed by atoms with Crippen molar-refractivity contribution in [2.45, 2.75) is 11.4 Å². The van der Waals surface area contributed by atoms with Crippen LogP contribution in [-0.4, -0.2) is 13.3 Å². The highest BCUT2D eigenvalue weighted by atomic mass is 79.9. The third-order valence-electron chi connectivity index (χ3n) is 2.47. The molecule has 1 aromatic carbocycles. The molecular weight excluding hydrogens is 387 g/mol. The maximum atomic E-state index is 13.7. The summed E-state index contributed by atoms with van der Waals surface area (Å²) >= 11 is 4.58. The maximum Gasteiger partial charge on any atom is 0.272 e. The summed E-state index contributed by atoms with van der Waals surface area (Å²) in [6.07, 6.45) is 0. The van der Waals surface area contributed by atoms with Gasteiger partial charge in [-0.25, -0.2) is 17.5 Å². The van der Waals surface area contributed by atoms with E-state index < -0.39 is 31.3 Å². The van der Waals surface area contributed by atoms with Gasteiger partial charge in [-0.15, -0.1) is 11.3 Å². The Hall–Kier alpha value is -1.36. The van der Waals surface area contributed by atoms with Gasteiger partial charge in [0, 0.05) is 27.3 Å². The van der Waals surface area contributed by atoms with E-state index >= 15 is 0 Å². The van der Waals surface area contributed by atoms with Crippen molar-refractivity contribution in [3.05, 3.63) is 54.9 Å². The van der Waals surface area contributed by atoms with Crippen LogP contribution < -0.4 is 4.72 Å². The molecule has 0 saturated carbocycles. The molecule has 2 aromatic rings. The average Bonchev–Trinajstić information content (AvgIpc) is 2.82. The van der Waals surface area contributed by atoms with Crippen molar-refractivity contribution in [3.63, 3.8) is 0 Å². The smallest absolute Gasteiger partial charge is 0.258 e. The van der Waals surface area contributed by atoms with Crippen molar-refractivity contribution in [1.82, 2.24) is 4.72 Å². The Bertz CT molecular complexity index is 791. The van der Waals surface area contributed by atoms with Crippen molar-refractivity contribution in [1.29, 1.82) is 0 Å². The zero-order chi connectivity index (χ0) is 15.6. The van der Waals surface area contributed by atoms with Gasteiger partial charge in [-0.1, -0.05) is 0 Å². The number of nitrogens with zero attached hydrogens (tertiary/aromatic N) is 1. The lowest BCUT2D eigenvalue weighted by molar-refractivity contribution is -0.385. The highest BCUT2D eigenvalue weighted by molar-refractivity contribution is 9.10. The second kappa shape index (κ2) is 6.18. The number of sulfonamides is 1. The number of rotatable bonds is 5. The summed E-state index contributed by atoms with van der Waals surface area (Å²) in [6.45, 7) is 0.00896. The Kier molecular flexibility index (Phi) is 4.71. The largest absolute Gasteiger partial charge is 0.272 e. The number of hydrogen-bond donors (Lipinski definition) is 1. The fourth-order valence-corrected chi connectivity index (χ4v) is 4.06. The Balaban J connectivity index is 2.21. The van der Waals surface area contributed by atoms with E-state index in [1.165, 1.54) is 11.3 Å². The highest BCUT2D eigenvalue weighted by Crippen LogP contribution is 2.22. The van der Waals surface area contributed by atoms with E-state index in [0.29, 0.717) is 6.07 Å². The molecule has 1 aromatic heterocycles. The van der Waals surface area contributed by atoms with Crippen LogP contribution in [0.5, 0.6) is 0 Å². The molecule has 0 saturated heterocycles. The zero-order valence-corrected chi connectivity index (χ0v) is 13.5. The first kappa shape index (κ1) is 16.0. The minimum atomic E-state index is -4.08. The molecule has 0 unspecified atom stereocenters. The van der Waals surface area contributed by atoms with Crippen LogP contribution in [-0.2, 0) is 16.6 Å². The first-order valence-corrected chi connectivity index (χ1v) is 8.62. The number of benzene rings is 1. The number of hydrogen-bond acceptors (Lipinski definition) is 5. The lowest BCUT2D eigenvalue weighted by atomic mass is 10.3. The molecular formula is C11H8BrFN2O4S2. The number of nitro benzene ring substituents is 1. The molecule has 0 aliphatic rings. The van der Waals surface area contributed by atoms with Gasteiger partial charge in [0.1, 0.15) is 10.7 Å². The van der Waals surface area contributed by atoms with E-state index in [1.54, 1.807) is 11.4 Å². The Labute approximate surface area is 131 Å². The van der Waals surface area contributed by atoms with Gasteiger partial charge < -0.3 is 0 Å². The van der Waals surface area contributed by atoms with Crippen molar-refractivity contribution in [3.8, 4) is 0 Å². The molecule has 6 nitrogen and oxygen atoms in total. The van der Waals surface area contributed by atoms with Crippen molar-refractivity contribution >= 4 is 43.0 Å². The normalized spacial score (nSPS) is 11.5. The standard InChI is InChI=1S/C11H8BrFN2O4S2/c12-7-3-9(20-6-7)5-14-21(18,19)11-2-1-8(15(16)17)4-10(11)13/h1-4,6,14H,5H2. The van der Waals surface area contributed by atoms with Crippen LogP contribution >= 0.6 is 27.3 Å². The number of nitro groups is 1. The predicted molar refractivity (Wildman–Crippen MR) is 79.1 cm³/mol. The quantitative estimate of drug-likeness (QED) is 0.623. The van der Waals surface area contributed by atoms with Gasteiger partial charge in [0.15, 0.2) is 0 Å². The Morgan fingerprint density at radius 1 is 1.38 bits per heavy atom. The lowest BCUT2D eigenvalue weighted by Crippen LogP contribution is -2.23. The van der Waals surface area contributed by atoms with E-state index in [1.807, 2.05) is 0 Å². The topological polar surface area (TPSA) is 89.3 Å². The third kappa shape index (κ3) is 3.84. The van der Waals surface area contributed by atoms with Gasteiger partial charge in [0.2, 0.25) is 10.0 Å². The van der Waals surface area contributed by atoms with E-state index in [-0.39, 0.29) is 6.54 Å². The third-order valence-corrected chi connectivity index (χ3v) is 5.61. The highest BCUT2D eigenvalue weighted by Gasteiger charge is 2.21. The molecule has 10 heteroatoms. The van der Waals surface area contributed by atoms with Crippen LogP contribution in [0.2, 0.25) is 0 Å². The second-order valence-electron chi connectivity index (χ2n) is 3.93. The number of nitrogens with one attached hydrogen (secondary N) is 1. The zero-order valence-electron chi connectivity index (χ0n) is 10.2. The summed E-state index contributed by atoms with van der Waals surface area (Å²) in [4.78, 5) is 9.82. The van der Waals surface area contributed by atoms with Crippen molar-refractivity contribution in [2.75, 3.05) is 0 Å². The number of thiophene rings is 1. The first-order chi connectivity index (χ1) is 9.79. The molecule has 21 heavy (non-hydrogen) atoms. The monoisotopic (exact) mass is 394 g/mol. The van der Waals surface area contributed by atoms with Crippen LogP contribution in [0.3, 0.4) is 0 Å². The molecule has 0 amide bonds. The summed E-state index contributed by atoms with van der Waals surface area (Å²) in [5, 5.41) is 12.3. The lowest BCUT2D eigenvalue weighted by Gasteiger charge is -2.06. The van der Waals surface area contributed by atoms with Crippen LogP contribution in [0, 0.1) is 15.9 Å². The fraction of sp³-hybridized carbons (Fsp3) is 0.0909. The summed E-state index contributed by atoms with van der Waals surface area (Å²) in [7, 11) is -4.08. The molecule has 2 rings (SSSR count). The number of halogens is 2. The van der Waals surface area contributed by atoms with E-state index in [0.717, 1.165) is 21.5 Å². The molecule has 0 atom stereocenters. The summed E-state index contributed by atoms with van der Waals surface area (Å²) in [5.41, 5.74) is -0.506. The van der Waals surface area contributed by atoms with Crippen LogP contribution in [0.1, 0.15) is 4.88 Å². The molecule has 0 radical (unpaired) electrons. The molecule has 1 heterocycles. The SMILES string of the molecule is O=[N+]([O-])c1ccc(S(=O)(=O)NCc2cc(Br)cs2)c(F)c1. The van der Waals surface area contributed by atoms with Gasteiger partial charge in [-0.3, -0.25) is 10.1 Å². The molecule has 0 aliphatic carbocycles. The minimum absolute atomic E-state index is 0.00896. The molecule has 0 spiro atoms. The summed E-state index contributed by atoms with van der Waals surface area (Å²) < 4.78 is 40.7. The van der Waals surface area contributed by atoms with Gasteiger partial charge in [-0.2, -0.15) is 0 Å². The van der Waals surface area contributed by atoms with E-state index in [9.17, 15) is 22.9 Å². The fourth-order valence-electron chi connectivity index (χ4n) is 1.51. The van der Waals surface area contributed by atoms with E-state index in [2.05, 4.69) is 20.7 Å². The molecule has 1 N–H and O–H groups in total. The Morgan fingerprint density at radius 2 is 2.10 bits per heavy atom. The summed E-state index contributed by atoms with van der Waals surface area (Å²) in [6, 6.07) is 4.13.